The number of guanidine groups is 1. The first-order chi connectivity index (χ1) is 14.6. The molecule has 1 aromatic rings. The molecule has 1 aromatic carbocycles. The van der Waals surface area contributed by atoms with Crippen LogP contribution < -0.4 is 15.4 Å². The zero-order chi connectivity index (χ0) is 21.6. The number of hydrogen-bond acceptors (Lipinski definition) is 4. The van der Waals surface area contributed by atoms with E-state index in [0.29, 0.717) is 19.8 Å². The molecule has 0 radical (unpaired) electrons. The average Bonchev–Trinajstić information content (AvgIpc) is 2.75. The number of ether oxygens (including phenoxy) is 2. The molecule has 0 atom stereocenters. The van der Waals surface area contributed by atoms with Crippen molar-refractivity contribution in [3.63, 3.8) is 0 Å². The van der Waals surface area contributed by atoms with Gasteiger partial charge < -0.3 is 25.0 Å². The summed E-state index contributed by atoms with van der Waals surface area (Å²) in [6, 6.07) is 6.35. The fourth-order valence-corrected chi connectivity index (χ4v) is 3.68. The van der Waals surface area contributed by atoms with Gasteiger partial charge in [-0.05, 0) is 69.8 Å². The number of aryl methyl sites for hydroxylation is 1. The Bertz CT molecular complexity index is 634. The number of halogens is 1. The minimum atomic E-state index is 0. The van der Waals surface area contributed by atoms with Crippen molar-refractivity contribution in [2.45, 2.75) is 52.5 Å². The molecule has 1 saturated heterocycles. The van der Waals surface area contributed by atoms with Gasteiger partial charge in [-0.25, -0.2) is 0 Å². The van der Waals surface area contributed by atoms with Gasteiger partial charge in [0.1, 0.15) is 5.75 Å². The lowest BCUT2D eigenvalue weighted by atomic mass is 9.99. The molecule has 0 amide bonds. The van der Waals surface area contributed by atoms with Crippen LogP contribution in [-0.4, -0.2) is 64.4 Å². The summed E-state index contributed by atoms with van der Waals surface area (Å²) in [6.07, 6.45) is 5.98. The highest BCUT2D eigenvalue weighted by molar-refractivity contribution is 14.0. The Hall–Kier alpha value is -1.06. The van der Waals surface area contributed by atoms with Gasteiger partial charge in [-0.3, -0.25) is 4.99 Å². The highest BCUT2D eigenvalue weighted by Gasteiger charge is 2.14. The predicted molar refractivity (Wildman–Crippen MR) is 141 cm³/mol. The first-order valence-electron chi connectivity index (χ1n) is 11.5. The average molecular weight is 547 g/mol. The molecule has 2 N–H and O–H groups in total. The van der Waals surface area contributed by atoms with E-state index in [1.165, 1.54) is 44.5 Å². The van der Waals surface area contributed by atoms with Crippen molar-refractivity contribution < 1.29 is 9.47 Å². The number of methoxy groups -OCH3 is 1. The van der Waals surface area contributed by atoms with E-state index in [1.807, 2.05) is 7.05 Å². The van der Waals surface area contributed by atoms with E-state index in [1.54, 1.807) is 7.11 Å². The zero-order valence-corrected chi connectivity index (χ0v) is 22.2. The summed E-state index contributed by atoms with van der Waals surface area (Å²) in [4.78, 5) is 6.97. The minimum Gasteiger partial charge on any atom is -0.493 e. The van der Waals surface area contributed by atoms with Gasteiger partial charge in [-0.1, -0.05) is 19.1 Å². The number of hydrogen-bond donors (Lipinski definition) is 2. The van der Waals surface area contributed by atoms with E-state index in [-0.39, 0.29) is 24.0 Å². The number of aliphatic imine (C=N–C) groups is 1. The Labute approximate surface area is 206 Å². The molecule has 31 heavy (non-hydrogen) atoms. The van der Waals surface area contributed by atoms with Crippen LogP contribution >= 0.6 is 24.0 Å². The molecule has 7 heteroatoms. The standard InChI is InChI=1S/C24H42N4O2.HI/c1-20-10-14-28(15-11-20)13-6-5-12-26-24(25-3)27-19-22-9-8-21(2)18-23(22)30-17-7-16-29-4;/h8-9,18,20H,5-7,10-17,19H2,1-4H3,(H2,25,26,27);1H. The van der Waals surface area contributed by atoms with Crippen LogP contribution in [0, 0.1) is 12.8 Å². The molecule has 1 heterocycles. The molecule has 178 valence electrons. The highest BCUT2D eigenvalue weighted by atomic mass is 127. The van der Waals surface area contributed by atoms with Crippen LogP contribution in [0.3, 0.4) is 0 Å². The van der Waals surface area contributed by atoms with Crippen LogP contribution in [0.2, 0.25) is 0 Å². The van der Waals surface area contributed by atoms with E-state index in [4.69, 9.17) is 9.47 Å². The van der Waals surface area contributed by atoms with Crippen molar-refractivity contribution in [1.29, 1.82) is 0 Å². The number of nitrogens with zero attached hydrogens (tertiary/aromatic N) is 2. The predicted octanol–water partition coefficient (Wildman–Crippen LogP) is 4.21. The summed E-state index contributed by atoms with van der Waals surface area (Å²) in [5, 5.41) is 6.85. The van der Waals surface area contributed by atoms with Gasteiger partial charge in [-0.15, -0.1) is 24.0 Å². The minimum absolute atomic E-state index is 0. The van der Waals surface area contributed by atoms with Crippen LogP contribution in [0.15, 0.2) is 23.2 Å². The number of rotatable bonds is 12. The third-order valence-corrected chi connectivity index (χ3v) is 5.71. The topological polar surface area (TPSA) is 58.1 Å². The molecular weight excluding hydrogens is 503 g/mol. The number of likely N-dealkylation sites (tertiary alicyclic amines) is 1. The number of nitrogens with one attached hydrogen (secondary N) is 2. The normalized spacial score (nSPS) is 15.4. The van der Waals surface area contributed by atoms with E-state index in [2.05, 4.69) is 52.6 Å². The summed E-state index contributed by atoms with van der Waals surface area (Å²) >= 11 is 0. The van der Waals surface area contributed by atoms with Crippen LogP contribution in [0.1, 0.15) is 50.2 Å². The molecule has 0 unspecified atom stereocenters. The smallest absolute Gasteiger partial charge is 0.191 e. The van der Waals surface area contributed by atoms with Crippen molar-refractivity contribution in [3.05, 3.63) is 29.3 Å². The molecule has 0 aromatic heterocycles. The van der Waals surface area contributed by atoms with Crippen molar-refractivity contribution >= 4 is 29.9 Å². The largest absolute Gasteiger partial charge is 0.493 e. The van der Waals surface area contributed by atoms with Crippen molar-refractivity contribution in [2.75, 3.05) is 53.6 Å². The van der Waals surface area contributed by atoms with E-state index >= 15 is 0 Å². The van der Waals surface area contributed by atoms with Crippen molar-refractivity contribution in [1.82, 2.24) is 15.5 Å². The fraction of sp³-hybridized carbons (Fsp3) is 0.708. The summed E-state index contributed by atoms with van der Waals surface area (Å²) < 4.78 is 11.1. The molecule has 1 aliphatic heterocycles. The summed E-state index contributed by atoms with van der Waals surface area (Å²) in [7, 11) is 3.54. The van der Waals surface area contributed by atoms with Gasteiger partial charge >= 0.3 is 0 Å². The molecule has 1 fully saturated rings. The van der Waals surface area contributed by atoms with Gasteiger partial charge in [0.15, 0.2) is 5.96 Å². The van der Waals surface area contributed by atoms with Crippen LogP contribution in [-0.2, 0) is 11.3 Å². The third kappa shape index (κ3) is 11.4. The molecule has 0 saturated carbocycles. The molecule has 1 aliphatic rings. The monoisotopic (exact) mass is 546 g/mol. The Morgan fingerprint density at radius 1 is 1.13 bits per heavy atom. The Balaban J connectivity index is 0.00000480. The van der Waals surface area contributed by atoms with Gasteiger partial charge in [0.25, 0.3) is 0 Å². The summed E-state index contributed by atoms with van der Waals surface area (Å²) in [6.45, 7) is 11.2. The van der Waals surface area contributed by atoms with Gasteiger partial charge in [0, 0.05) is 45.8 Å². The Morgan fingerprint density at radius 3 is 2.61 bits per heavy atom. The summed E-state index contributed by atoms with van der Waals surface area (Å²) in [5.41, 5.74) is 2.34. The second-order valence-corrected chi connectivity index (χ2v) is 8.39. The Kier molecular flexibility index (Phi) is 14.9. The van der Waals surface area contributed by atoms with Gasteiger partial charge in [0.2, 0.25) is 0 Å². The van der Waals surface area contributed by atoms with Crippen molar-refractivity contribution in [3.8, 4) is 5.75 Å². The van der Waals surface area contributed by atoms with Crippen LogP contribution in [0.5, 0.6) is 5.75 Å². The molecule has 0 spiro atoms. The lowest BCUT2D eigenvalue weighted by molar-refractivity contribution is 0.171. The Morgan fingerprint density at radius 2 is 1.90 bits per heavy atom. The second-order valence-electron chi connectivity index (χ2n) is 8.39. The molecule has 2 rings (SSSR count). The maximum absolute atomic E-state index is 5.98. The third-order valence-electron chi connectivity index (χ3n) is 5.71. The maximum atomic E-state index is 5.98. The van der Waals surface area contributed by atoms with E-state index in [9.17, 15) is 0 Å². The fourth-order valence-electron chi connectivity index (χ4n) is 3.68. The second kappa shape index (κ2) is 16.6. The van der Waals surface area contributed by atoms with Crippen LogP contribution in [0.25, 0.3) is 0 Å². The number of benzene rings is 1. The van der Waals surface area contributed by atoms with E-state index < -0.39 is 0 Å². The lowest BCUT2D eigenvalue weighted by Crippen LogP contribution is -2.38. The number of piperidine rings is 1. The van der Waals surface area contributed by atoms with Crippen LogP contribution in [0.4, 0.5) is 0 Å². The number of unbranched alkanes of at least 4 members (excludes halogenated alkanes) is 1. The van der Waals surface area contributed by atoms with Crippen molar-refractivity contribution in [2.24, 2.45) is 10.9 Å². The molecular formula is C24H43IN4O2. The lowest BCUT2D eigenvalue weighted by Gasteiger charge is -2.30. The summed E-state index contributed by atoms with van der Waals surface area (Å²) in [5.74, 6) is 2.68. The van der Waals surface area contributed by atoms with Gasteiger partial charge in [0.05, 0.1) is 6.61 Å². The van der Waals surface area contributed by atoms with Gasteiger partial charge in [-0.2, -0.15) is 0 Å². The first kappa shape index (κ1) is 28.0. The molecule has 0 bridgehead atoms. The zero-order valence-electron chi connectivity index (χ0n) is 19.9. The van der Waals surface area contributed by atoms with E-state index in [0.717, 1.165) is 42.6 Å². The maximum Gasteiger partial charge on any atom is 0.191 e. The molecule has 0 aliphatic carbocycles. The SMILES string of the molecule is CN=C(NCCCCN1CCC(C)CC1)NCc1ccc(C)cc1OCCCOC.I. The molecule has 6 nitrogen and oxygen atoms in total. The quantitative estimate of drug-likeness (QED) is 0.178. The highest BCUT2D eigenvalue weighted by Crippen LogP contribution is 2.20. The first-order valence-corrected chi connectivity index (χ1v) is 11.5.